The van der Waals surface area contributed by atoms with Crippen molar-refractivity contribution in [3.8, 4) is 9.88 Å². The molecule has 0 radical (unpaired) electrons. The van der Waals surface area contributed by atoms with Gasteiger partial charge in [-0.1, -0.05) is 0 Å². The normalized spacial score (nSPS) is 17.5. The molecule has 1 aliphatic rings. The van der Waals surface area contributed by atoms with Crippen molar-refractivity contribution >= 4 is 69.3 Å². The molecule has 0 spiro atoms. The number of hydrogen-bond donors (Lipinski definition) is 1. The van der Waals surface area contributed by atoms with E-state index in [-0.39, 0.29) is 36.8 Å². The number of hydrogen-bond acceptors (Lipinski definition) is 5. The second kappa shape index (κ2) is 8.61. The molecule has 0 aromatic carbocycles. The monoisotopic (exact) mass is 443 g/mol. The minimum Gasteiger partial charge on any atom is -0.332 e. The Morgan fingerprint density at radius 3 is 2.82 bits per heavy atom. The molecule has 1 atom stereocenters. The van der Waals surface area contributed by atoms with Crippen molar-refractivity contribution in [1.82, 2.24) is 15.2 Å². The van der Waals surface area contributed by atoms with E-state index in [4.69, 9.17) is 0 Å². The van der Waals surface area contributed by atoms with Crippen LogP contribution in [0.25, 0.3) is 9.88 Å². The number of rotatable bonds is 2. The predicted octanol–water partition coefficient (Wildman–Crippen LogP) is 3.91. The van der Waals surface area contributed by atoms with Crippen LogP contribution in [0.2, 0.25) is 0 Å². The van der Waals surface area contributed by atoms with Crippen molar-refractivity contribution in [1.29, 1.82) is 0 Å². The summed E-state index contributed by atoms with van der Waals surface area (Å²) in [5.74, 6) is 0.0390. The van der Waals surface area contributed by atoms with Crippen LogP contribution in [0.15, 0.2) is 21.3 Å². The lowest BCUT2D eigenvalue weighted by Gasteiger charge is -2.33. The standard InChI is InChI=1S/C13H14BrN3OS2.2ClH/c1-8-5-15-2-3-17(8)13(18)10-7-20-12(16-10)11-4-9(14)6-19-11;;/h4,6-8,15H,2-3,5H2,1H3;2*1H/t8-;;/m1../s1. The maximum atomic E-state index is 12.5. The molecule has 22 heavy (non-hydrogen) atoms. The first-order valence-electron chi connectivity index (χ1n) is 6.37. The summed E-state index contributed by atoms with van der Waals surface area (Å²) in [5, 5.41) is 8.08. The van der Waals surface area contributed by atoms with Crippen LogP contribution in [0.4, 0.5) is 0 Å². The van der Waals surface area contributed by atoms with Crippen LogP contribution < -0.4 is 5.32 Å². The van der Waals surface area contributed by atoms with E-state index in [1.165, 1.54) is 11.3 Å². The number of amides is 1. The van der Waals surface area contributed by atoms with E-state index < -0.39 is 0 Å². The van der Waals surface area contributed by atoms with Gasteiger partial charge in [0.05, 0.1) is 4.88 Å². The average molecular weight is 445 g/mol. The third-order valence-electron chi connectivity index (χ3n) is 3.26. The molecule has 0 bridgehead atoms. The molecule has 2 aromatic heterocycles. The van der Waals surface area contributed by atoms with Crippen molar-refractivity contribution in [3.05, 3.63) is 27.0 Å². The van der Waals surface area contributed by atoms with Crippen molar-refractivity contribution in [2.45, 2.75) is 13.0 Å². The zero-order chi connectivity index (χ0) is 14.1. The molecule has 2 aromatic rings. The van der Waals surface area contributed by atoms with Crippen LogP contribution >= 0.6 is 63.4 Å². The van der Waals surface area contributed by atoms with Gasteiger partial charge in [0.25, 0.3) is 5.91 Å². The highest BCUT2D eigenvalue weighted by Crippen LogP contribution is 2.32. The third-order valence-corrected chi connectivity index (χ3v) is 5.97. The molecular formula is C13H16BrCl2N3OS2. The lowest BCUT2D eigenvalue weighted by Crippen LogP contribution is -2.52. The van der Waals surface area contributed by atoms with Gasteiger partial charge in [-0.25, -0.2) is 4.98 Å². The quantitative estimate of drug-likeness (QED) is 0.763. The molecule has 0 unspecified atom stereocenters. The second-order valence-electron chi connectivity index (χ2n) is 4.72. The van der Waals surface area contributed by atoms with Gasteiger partial charge >= 0.3 is 0 Å². The van der Waals surface area contributed by atoms with E-state index in [2.05, 4.69) is 33.2 Å². The van der Waals surface area contributed by atoms with E-state index in [0.29, 0.717) is 5.69 Å². The summed E-state index contributed by atoms with van der Waals surface area (Å²) in [5.41, 5.74) is 0.559. The summed E-state index contributed by atoms with van der Waals surface area (Å²) in [6, 6.07) is 2.25. The predicted molar refractivity (Wildman–Crippen MR) is 101 cm³/mol. The third kappa shape index (κ3) is 4.21. The lowest BCUT2D eigenvalue weighted by molar-refractivity contribution is 0.0650. The fourth-order valence-corrected chi connectivity index (χ4v) is 4.50. The number of thiazole rings is 1. The van der Waals surface area contributed by atoms with Crippen LogP contribution in [-0.4, -0.2) is 41.5 Å². The van der Waals surface area contributed by atoms with E-state index in [1.54, 1.807) is 11.3 Å². The van der Waals surface area contributed by atoms with E-state index in [0.717, 1.165) is 34.0 Å². The molecule has 1 fully saturated rings. The Balaban J connectivity index is 0.00000121. The Kier molecular flexibility index (Phi) is 7.78. The zero-order valence-corrected chi connectivity index (χ0v) is 16.6. The fraction of sp³-hybridized carbons (Fsp3) is 0.385. The Morgan fingerprint density at radius 2 is 2.18 bits per heavy atom. The lowest BCUT2D eigenvalue weighted by atomic mass is 10.2. The summed E-state index contributed by atoms with van der Waals surface area (Å²) >= 11 is 6.60. The summed E-state index contributed by atoms with van der Waals surface area (Å²) in [7, 11) is 0. The first-order valence-corrected chi connectivity index (χ1v) is 8.92. The van der Waals surface area contributed by atoms with Crippen LogP contribution in [-0.2, 0) is 0 Å². The van der Waals surface area contributed by atoms with Crippen LogP contribution in [0, 0.1) is 0 Å². The molecule has 4 nitrogen and oxygen atoms in total. The van der Waals surface area contributed by atoms with Crippen molar-refractivity contribution in [2.24, 2.45) is 0 Å². The topological polar surface area (TPSA) is 45.2 Å². The van der Waals surface area contributed by atoms with Gasteiger partial charge in [-0.2, -0.15) is 0 Å². The van der Waals surface area contributed by atoms with E-state index in [9.17, 15) is 4.79 Å². The Labute approximate surface area is 158 Å². The Hall–Kier alpha value is -0.180. The second-order valence-corrected chi connectivity index (χ2v) is 7.40. The van der Waals surface area contributed by atoms with Crippen LogP contribution in [0.5, 0.6) is 0 Å². The number of carbonyl (C=O) groups is 1. The molecule has 0 saturated carbocycles. The number of halogens is 3. The van der Waals surface area contributed by atoms with Gasteiger partial charge < -0.3 is 10.2 Å². The largest absolute Gasteiger partial charge is 0.332 e. The van der Waals surface area contributed by atoms with Crippen molar-refractivity contribution in [2.75, 3.05) is 19.6 Å². The van der Waals surface area contributed by atoms with Gasteiger partial charge in [0.1, 0.15) is 10.7 Å². The first-order chi connectivity index (χ1) is 9.65. The molecule has 1 saturated heterocycles. The highest BCUT2D eigenvalue weighted by Gasteiger charge is 2.25. The Morgan fingerprint density at radius 1 is 1.41 bits per heavy atom. The first kappa shape index (κ1) is 19.9. The number of carbonyl (C=O) groups excluding carboxylic acids is 1. The molecule has 9 heteroatoms. The van der Waals surface area contributed by atoms with Crippen LogP contribution in [0.1, 0.15) is 17.4 Å². The minimum absolute atomic E-state index is 0. The van der Waals surface area contributed by atoms with Gasteiger partial charge in [-0.05, 0) is 28.9 Å². The highest BCUT2D eigenvalue weighted by atomic mass is 79.9. The number of piperazine rings is 1. The smallest absolute Gasteiger partial charge is 0.273 e. The van der Waals surface area contributed by atoms with E-state index >= 15 is 0 Å². The summed E-state index contributed by atoms with van der Waals surface area (Å²) in [6.07, 6.45) is 0. The molecule has 1 aliphatic heterocycles. The molecule has 3 rings (SSSR count). The van der Waals surface area contributed by atoms with Crippen molar-refractivity contribution in [3.63, 3.8) is 0 Å². The minimum atomic E-state index is 0. The summed E-state index contributed by atoms with van der Waals surface area (Å²) < 4.78 is 1.05. The maximum absolute atomic E-state index is 12.5. The van der Waals surface area contributed by atoms with Crippen molar-refractivity contribution < 1.29 is 4.79 Å². The Bertz CT molecular complexity index is 634. The summed E-state index contributed by atoms with van der Waals surface area (Å²) in [4.78, 5) is 20.0. The highest BCUT2D eigenvalue weighted by molar-refractivity contribution is 9.10. The molecule has 1 amide bonds. The summed E-state index contributed by atoms with van der Waals surface area (Å²) in [6.45, 7) is 4.51. The van der Waals surface area contributed by atoms with Gasteiger partial charge in [0.2, 0.25) is 0 Å². The van der Waals surface area contributed by atoms with Gasteiger partial charge in [0, 0.05) is 40.9 Å². The fourth-order valence-electron chi connectivity index (χ4n) is 2.20. The van der Waals surface area contributed by atoms with Crippen LogP contribution in [0.3, 0.4) is 0 Å². The van der Waals surface area contributed by atoms with E-state index in [1.807, 2.05) is 21.7 Å². The number of aromatic nitrogens is 1. The average Bonchev–Trinajstić information content (AvgIpc) is 3.07. The number of thiophene rings is 1. The number of nitrogens with zero attached hydrogens (tertiary/aromatic N) is 2. The van der Waals surface area contributed by atoms with Gasteiger partial charge in [0.15, 0.2) is 0 Å². The van der Waals surface area contributed by atoms with Gasteiger partial charge in [-0.15, -0.1) is 47.5 Å². The molecule has 0 aliphatic carbocycles. The SMILES string of the molecule is C[C@@H]1CNCCN1C(=O)c1csc(-c2cc(Br)cs2)n1.Cl.Cl. The molecule has 3 heterocycles. The molecule has 1 N–H and O–H groups in total. The molecule has 122 valence electrons. The maximum Gasteiger partial charge on any atom is 0.273 e. The number of nitrogens with one attached hydrogen (secondary N) is 1. The van der Waals surface area contributed by atoms with Gasteiger partial charge in [-0.3, -0.25) is 4.79 Å². The zero-order valence-electron chi connectivity index (χ0n) is 11.7. The molecular weight excluding hydrogens is 429 g/mol.